The summed E-state index contributed by atoms with van der Waals surface area (Å²) in [6.45, 7) is 6.69. The number of nitrogens with one attached hydrogen (secondary N) is 2. The van der Waals surface area contributed by atoms with Gasteiger partial charge < -0.3 is 10.6 Å². The molecule has 0 spiro atoms. The van der Waals surface area contributed by atoms with E-state index in [0.29, 0.717) is 12.5 Å². The molecule has 0 unspecified atom stereocenters. The lowest BCUT2D eigenvalue weighted by molar-refractivity contribution is -0.112. The molecule has 0 aliphatic rings. The molecule has 0 saturated heterocycles. The van der Waals surface area contributed by atoms with Crippen molar-refractivity contribution >= 4 is 11.6 Å². The van der Waals surface area contributed by atoms with Crippen molar-refractivity contribution in [3.05, 3.63) is 41.6 Å². The Labute approximate surface area is 114 Å². The van der Waals surface area contributed by atoms with Crippen LogP contribution in [0.15, 0.2) is 36.0 Å². The van der Waals surface area contributed by atoms with E-state index in [1.165, 1.54) is 6.20 Å². The smallest absolute Gasteiger partial charge is 0.267 e. The molecule has 4 nitrogen and oxygen atoms in total. The van der Waals surface area contributed by atoms with E-state index in [-0.39, 0.29) is 5.57 Å². The van der Waals surface area contributed by atoms with Crippen LogP contribution in [0.2, 0.25) is 0 Å². The largest absolute Gasteiger partial charge is 0.390 e. The summed E-state index contributed by atoms with van der Waals surface area (Å²) in [5.41, 5.74) is 1.87. The summed E-state index contributed by atoms with van der Waals surface area (Å²) < 4.78 is 0. The maximum Gasteiger partial charge on any atom is 0.267 e. The number of carbonyl (C=O) groups excluding carboxylic acids is 1. The molecule has 1 amide bonds. The van der Waals surface area contributed by atoms with Gasteiger partial charge in [-0.25, -0.2) is 0 Å². The zero-order chi connectivity index (χ0) is 14.3. The first-order valence-corrected chi connectivity index (χ1v) is 6.34. The molecule has 1 aromatic carbocycles. The van der Waals surface area contributed by atoms with Crippen LogP contribution >= 0.6 is 0 Å². The SMILES string of the molecule is CCN/C=C(/C#N)C(=O)Nc1ccccc1C(C)C. The summed E-state index contributed by atoms with van der Waals surface area (Å²) in [6.07, 6.45) is 1.44. The van der Waals surface area contributed by atoms with Crippen molar-refractivity contribution in [2.45, 2.75) is 26.7 Å². The van der Waals surface area contributed by atoms with Crippen LogP contribution in [-0.2, 0) is 4.79 Å². The number of nitriles is 1. The Hall–Kier alpha value is -2.28. The number of hydrogen-bond donors (Lipinski definition) is 2. The molecule has 1 aromatic rings. The quantitative estimate of drug-likeness (QED) is 0.629. The molecule has 0 radical (unpaired) electrons. The molecule has 19 heavy (non-hydrogen) atoms. The minimum absolute atomic E-state index is 0.0698. The summed E-state index contributed by atoms with van der Waals surface area (Å²) in [7, 11) is 0. The van der Waals surface area contributed by atoms with Crippen LogP contribution < -0.4 is 10.6 Å². The Morgan fingerprint density at radius 3 is 2.68 bits per heavy atom. The molecule has 1 rings (SSSR count). The van der Waals surface area contributed by atoms with Gasteiger partial charge in [-0.3, -0.25) is 4.79 Å². The topological polar surface area (TPSA) is 64.9 Å². The zero-order valence-electron chi connectivity index (χ0n) is 11.5. The molecule has 2 N–H and O–H groups in total. The highest BCUT2D eigenvalue weighted by atomic mass is 16.1. The third kappa shape index (κ3) is 4.14. The lowest BCUT2D eigenvalue weighted by atomic mass is 10.0. The van der Waals surface area contributed by atoms with E-state index < -0.39 is 5.91 Å². The molecule has 0 bridgehead atoms. The van der Waals surface area contributed by atoms with E-state index in [0.717, 1.165) is 11.3 Å². The zero-order valence-corrected chi connectivity index (χ0v) is 11.5. The third-order valence-electron chi connectivity index (χ3n) is 2.65. The number of benzene rings is 1. The molecule has 0 saturated carbocycles. The molecular weight excluding hydrogens is 238 g/mol. The predicted octanol–water partition coefficient (Wildman–Crippen LogP) is 2.77. The molecule has 0 fully saturated rings. The number of hydrogen-bond acceptors (Lipinski definition) is 3. The lowest BCUT2D eigenvalue weighted by Crippen LogP contribution is -2.17. The van der Waals surface area contributed by atoms with E-state index in [4.69, 9.17) is 5.26 Å². The summed E-state index contributed by atoms with van der Waals surface area (Å²) >= 11 is 0. The summed E-state index contributed by atoms with van der Waals surface area (Å²) in [5, 5.41) is 14.6. The fourth-order valence-electron chi connectivity index (χ4n) is 1.66. The van der Waals surface area contributed by atoms with E-state index in [1.807, 2.05) is 37.3 Å². The maximum atomic E-state index is 12.0. The Morgan fingerprint density at radius 1 is 1.42 bits per heavy atom. The monoisotopic (exact) mass is 257 g/mol. The van der Waals surface area contributed by atoms with E-state index >= 15 is 0 Å². The second kappa shape index (κ2) is 7.22. The number of carbonyl (C=O) groups is 1. The Bertz CT molecular complexity index is 512. The minimum Gasteiger partial charge on any atom is -0.390 e. The summed E-state index contributed by atoms with van der Waals surface area (Å²) in [5.74, 6) is -0.0867. The summed E-state index contributed by atoms with van der Waals surface area (Å²) in [6, 6.07) is 9.51. The molecule has 0 aromatic heterocycles. The van der Waals surface area contributed by atoms with Gasteiger partial charge in [0.2, 0.25) is 0 Å². The molecular formula is C15H19N3O. The average molecular weight is 257 g/mol. The van der Waals surface area contributed by atoms with Crippen LogP contribution in [0, 0.1) is 11.3 Å². The fraction of sp³-hybridized carbons (Fsp3) is 0.333. The van der Waals surface area contributed by atoms with E-state index in [2.05, 4.69) is 24.5 Å². The van der Waals surface area contributed by atoms with Crippen LogP contribution in [0.1, 0.15) is 32.3 Å². The minimum atomic E-state index is -0.392. The number of rotatable bonds is 5. The Morgan fingerprint density at radius 2 is 2.11 bits per heavy atom. The maximum absolute atomic E-state index is 12.0. The second-order valence-corrected chi connectivity index (χ2v) is 4.42. The standard InChI is InChI=1S/C15H19N3O/c1-4-17-10-12(9-16)15(19)18-14-8-6-5-7-13(14)11(2)3/h5-8,10-11,17H,4H2,1-3H3,(H,18,19)/b12-10-. The van der Waals surface area contributed by atoms with Crippen LogP contribution in [0.3, 0.4) is 0 Å². The first-order chi connectivity index (χ1) is 9.10. The highest BCUT2D eigenvalue weighted by Gasteiger charge is 2.12. The van der Waals surface area contributed by atoms with Gasteiger partial charge in [-0.1, -0.05) is 32.0 Å². The second-order valence-electron chi connectivity index (χ2n) is 4.42. The highest BCUT2D eigenvalue weighted by Crippen LogP contribution is 2.23. The van der Waals surface area contributed by atoms with Crippen molar-refractivity contribution in [1.29, 1.82) is 5.26 Å². The van der Waals surface area contributed by atoms with E-state index in [9.17, 15) is 4.79 Å². The third-order valence-corrected chi connectivity index (χ3v) is 2.65. The Kier molecular flexibility index (Phi) is 5.62. The van der Waals surface area contributed by atoms with Crippen molar-refractivity contribution < 1.29 is 4.79 Å². The average Bonchev–Trinajstić information content (AvgIpc) is 2.40. The van der Waals surface area contributed by atoms with Crippen LogP contribution in [0.4, 0.5) is 5.69 Å². The van der Waals surface area contributed by atoms with Gasteiger partial charge >= 0.3 is 0 Å². The van der Waals surface area contributed by atoms with Gasteiger partial charge in [0.1, 0.15) is 11.6 Å². The van der Waals surface area contributed by atoms with Gasteiger partial charge in [0.05, 0.1) is 0 Å². The normalized spacial score (nSPS) is 11.0. The fourth-order valence-corrected chi connectivity index (χ4v) is 1.66. The van der Waals surface area contributed by atoms with Gasteiger partial charge in [-0.15, -0.1) is 0 Å². The predicted molar refractivity (Wildman–Crippen MR) is 76.5 cm³/mol. The molecule has 4 heteroatoms. The van der Waals surface area contributed by atoms with Crippen molar-refractivity contribution in [3.8, 4) is 6.07 Å². The molecule has 0 atom stereocenters. The number of nitrogens with zero attached hydrogens (tertiary/aromatic N) is 1. The van der Waals surface area contributed by atoms with Gasteiger partial charge in [0, 0.05) is 18.4 Å². The first kappa shape index (κ1) is 14.8. The summed E-state index contributed by atoms with van der Waals surface area (Å²) in [4.78, 5) is 12.0. The van der Waals surface area contributed by atoms with Gasteiger partial charge in [0.25, 0.3) is 5.91 Å². The van der Waals surface area contributed by atoms with Crippen LogP contribution in [-0.4, -0.2) is 12.5 Å². The van der Waals surface area contributed by atoms with Crippen LogP contribution in [0.5, 0.6) is 0 Å². The van der Waals surface area contributed by atoms with Gasteiger partial charge in [-0.2, -0.15) is 5.26 Å². The first-order valence-electron chi connectivity index (χ1n) is 6.34. The number of para-hydroxylation sites is 1. The number of anilines is 1. The van der Waals surface area contributed by atoms with Crippen molar-refractivity contribution in [2.75, 3.05) is 11.9 Å². The van der Waals surface area contributed by atoms with E-state index in [1.54, 1.807) is 0 Å². The van der Waals surface area contributed by atoms with Crippen LogP contribution in [0.25, 0.3) is 0 Å². The molecule has 0 aliphatic carbocycles. The van der Waals surface area contributed by atoms with Crippen molar-refractivity contribution in [1.82, 2.24) is 5.32 Å². The Balaban J connectivity index is 2.91. The highest BCUT2D eigenvalue weighted by molar-refractivity contribution is 6.06. The molecule has 0 heterocycles. The van der Waals surface area contributed by atoms with Crippen molar-refractivity contribution in [2.24, 2.45) is 0 Å². The van der Waals surface area contributed by atoms with Gasteiger partial charge in [0.15, 0.2) is 0 Å². The number of amides is 1. The van der Waals surface area contributed by atoms with Crippen molar-refractivity contribution in [3.63, 3.8) is 0 Å². The molecule has 100 valence electrons. The lowest BCUT2D eigenvalue weighted by Gasteiger charge is -2.13. The van der Waals surface area contributed by atoms with Gasteiger partial charge in [-0.05, 0) is 24.5 Å². The molecule has 0 aliphatic heterocycles.